The van der Waals surface area contributed by atoms with Crippen LogP contribution in [-0.2, 0) is 17.8 Å². The number of benzene rings is 1. The molecule has 0 unspecified atom stereocenters. The summed E-state index contributed by atoms with van der Waals surface area (Å²) in [6.07, 6.45) is 3.42. The summed E-state index contributed by atoms with van der Waals surface area (Å²) in [6.45, 7) is 4.28. The van der Waals surface area contributed by atoms with Crippen LogP contribution in [-0.4, -0.2) is 25.8 Å². The van der Waals surface area contributed by atoms with Crippen molar-refractivity contribution >= 4 is 11.6 Å². The molecular weight excluding hydrogens is 294 g/mol. The van der Waals surface area contributed by atoms with Crippen LogP contribution in [0, 0.1) is 13.8 Å². The average molecular weight is 311 g/mol. The van der Waals surface area contributed by atoms with Gasteiger partial charge >= 0.3 is 0 Å². The Kier molecular flexibility index (Phi) is 4.18. The number of nitrogens with zero attached hydrogens (tertiary/aromatic N) is 4. The van der Waals surface area contributed by atoms with E-state index in [0.29, 0.717) is 12.3 Å². The Morgan fingerprint density at radius 1 is 1.26 bits per heavy atom. The second-order valence-electron chi connectivity index (χ2n) is 5.32. The van der Waals surface area contributed by atoms with Crippen LogP contribution in [0.2, 0.25) is 0 Å². The first kappa shape index (κ1) is 15.0. The van der Waals surface area contributed by atoms with Gasteiger partial charge in [0.1, 0.15) is 18.4 Å². The Bertz CT molecular complexity index is 771. The van der Waals surface area contributed by atoms with E-state index in [1.165, 1.54) is 6.33 Å². The van der Waals surface area contributed by atoms with Gasteiger partial charge in [0, 0.05) is 11.3 Å². The summed E-state index contributed by atoms with van der Waals surface area (Å²) in [6, 6.07) is 7.65. The van der Waals surface area contributed by atoms with Gasteiger partial charge in [0.05, 0.1) is 18.7 Å². The fourth-order valence-corrected chi connectivity index (χ4v) is 2.31. The van der Waals surface area contributed by atoms with Crippen molar-refractivity contribution in [3.05, 3.63) is 59.5 Å². The van der Waals surface area contributed by atoms with Crippen molar-refractivity contribution < 1.29 is 9.32 Å². The van der Waals surface area contributed by atoms with Gasteiger partial charge in [-0.2, -0.15) is 5.10 Å². The lowest BCUT2D eigenvalue weighted by molar-refractivity contribution is -0.115. The van der Waals surface area contributed by atoms with Gasteiger partial charge in [0.15, 0.2) is 0 Å². The third-order valence-corrected chi connectivity index (χ3v) is 3.57. The van der Waals surface area contributed by atoms with Gasteiger partial charge in [-0.3, -0.25) is 4.79 Å². The van der Waals surface area contributed by atoms with Crippen LogP contribution in [0.15, 0.2) is 41.4 Å². The maximum Gasteiger partial charge on any atom is 0.228 e. The van der Waals surface area contributed by atoms with E-state index in [2.05, 4.69) is 20.6 Å². The highest BCUT2D eigenvalue weighted by atomic mass is 16.5. The van der Waals surface area contributed by atoms with Gasteiger partial charge < -0.3 is 9.84 Å². The summed E-state index contributed by atoms with van der Waals surface area (Å²) in [5, 5.41) is 10.8. The van der Waals surface area contributed by atoms with Crippen LogP contribution in [0.4, 0.5) is 5.69 Å². The van der Waals surface area contributed by atoms with Crippen molar-refractivity contribution in [1.29, 1.82) is 0 Å². The van der Waals surface area contributed by atoms with Gasteiger partial charge in [-0.05, 0) is 31.5 Å². The first-order valence-electron chi connectivity index (χ1n) is 7.25. The Balaban J connectivity index is 1.60. The molecule has 0 bridgehead atoms. The van der Waals surface area contributed by atoms with E-state index < -0.39 is 0 Å². The number of carbonyl (C=O) groups is 1. The minimum absolute atomic E-state index is 0.0940. The molecule has 1 aromatic carbocycles. The van der Waals surface area contributed by atoms with Crippen LogP contribution < -0.4 is 5.32 Å². The maximum absolute atomic E-state index is 12.1. The zero-order valence-corrected chi connectivity index (χ0v) is 13.0. The fourth-order valence-electron chi connectivity index (χ4n) is 2.31. The number of aryl methyl sites for hydroxylation is 2. The number of aromatic nitrogens is 4. The number of carbonyl (C=O) groups excluding carboxylic acids is 1. The Morgan fingerprint density at radius 2 is 2.04 bits per heavy atom. The lowest BCUT2D eigenvalue weighted by atomic mass is 10.1. The van der Waals surface area contributed by atoms with E-state index in [0.717, 1.165) is 22.5 Å². The minimum atomic E-state index is -0.0940. The molecule has 0 aliphatic carbocycles. The van der Waals surface area contributed by atoms with Crippen molar-refractivity contribution in [2.45, 2.75) is 26.8 Å². The molecule has 3 aromatic rings. The normalized spacial score (nSPS) is 10.7. The zero-order chi connectivity index (χ0) is 16.2. The molecule has 0 saturated carbocycles. The lowest BCUT2D eigenvalue weighted by Crippen LogP contribution is -2.15. The standard InChI is InChI=1S/C16H17N5O2/c1-11-15(12(2)23-20-11)7-16(22)19-14-5-3-13(4-6-14)8-21-10-17-9-18-21/h3-6,9-10H,7-8H2,1-2H3,(H,19,22). The third kappa shape index (κ3) is 3.63. The molecule has 0 aliphatic heterocycles. The molecule has 0 atom stereocenters. The second kappa shape index (κ2) is 6.43. The smallest absolute Gasteiger partial charge is 0.228 e. The minimum Gasteiger partial charge on any atom is -0.361 e. The predicted octanol–water partition coefficient (Wildman–Crippen LogP) is 2.11. The number of nitrogens with one attached hydrogen (secondary N) is 1. The number of anilines is 1. The maximum atomic E-state index is 12.1. The van der Waals surface area contributed by atoms with Gasteiger partial charge in [-0.15, -0.1) is 0 Å². The molecule has 3 rings (SSSR count). The van der Waals surface area contributed by atoms with Crippen molar-refractivity contribution in [1.82, 2.24) is 19.9 Å². The van der Waals surface area contributed by atoms with E-state index in [4.69, 9.17) is 4.52 Å². The van der Waals surface area contributed by atoms with Crippen LogP contribution in [0.25, 0.3) is 0 Å². The van der Waals surface area contributed by atoms with Crippen molar-refractivity contribution in [3.63, 3.8) is 0 Å². The summed E-state index contributed by atoms with van der Waals surface area (Å²) < 4.78 is 6.81. The van der Waals surface area contributed by atoms with Gasteiger partial charge in [0.25, 0.3) is 0 Å². The summed E-state index contributed by atoms with van der Waals surface area (Å²) in [5.74, 6) is 0.587. The fraction of sp³-hybridized carbons (Fsp3) is 0.250. The SMILES string of the molecule is Cc1noc(C)c1CC(=O)Nc1ccc(Cn2cncn2)cc1. The molecule has 2 aromatic heterocycles. The molecule has 0 radical (unpaired) electrons. The molecule has 2 heterocycles. The van der Waals surface area contributed by atoms with Crippen LogP contribution in [0.3, 0.4) is 0 Å². The molecule has 1 amide bonds. The topological polar surface area (TPSA) is 85.8 Å². The van der Waals surface area contributed by atoms with Crippen LogP contribution in [0.5, 0.6) is 0 Å². The molecule has 7 nitrogen and oxygen atoms in total. The van der Waals surface area contributed by atoms with Gasteiger partial charge in [-0.25, -0.2) is 9.67 Å². The predicted molar refractivity (Wildman–Crippen MR) is 83.9 cm³/mol. The van der Waals surface area contributed by atoms with E-state index in [9.17, 15) is 4.79 Å². The van der Waals surface area contributed by atoms with Crippen molar-refractivity contribution in [2.75, 3.05) is 5.32 Å². The first-order valence-corrected chi connectivity index (χ1v) is 7.25. The average Bonchev–Trinajstić information content (AvgIpc) is 3.14. The van der Waals surface area contributed by atoms with Gasteiger partial charge in [-0.1, -0.05) is 17.3 Å². The molecule has 0 saturated heterocycles. The number of hydrogen-bond acceptors (Lipinski definition) is 5. The highest BCUT2D eigenvalue weighted by Crippen LogP contribution is 2.15. The second-order valence-corrected chi connectivity index (χ2v) is 5.32. The number of hydrogen-bond donors (Lipinski definition) is 1. The summed E-state index contributed by atoms with van der Waals surface area (Å²) in [5.41, 5.74) is 3.43. The van der Waals surface area contributed by atoms with Crippen molar-refractivity contribution in [3.8, 4) is 0 Å². The van der Waals surface area contributed by atoms with Crippen molar-refractivity contribution in [2.24, 2.45) is 0 Å². The summed E-state index contributed by atoms with van der Waals surface area (Å²) >= 11 is 0. The molecule has 7 heteroatoms. The Labute approximate surface area is 133 Å². The highest BCUT2D eigenvalue weighted by molar-refractivity contribution is 5.92. The molecule has 23 heavy (non-hydrogen) atoms. The molecule has 118 valence electrons. The third-order valence-electron chi connectivity index (χ3n) is 3.57. The van der Waals surface area contributed by atoms with Gasteiger partial charge in [0.2, 0.25) is 5.91 Å². The Hall–Kier alpha value is -2.96. The largest absolute Gasteiger partial charge is 0.361 e. The Morgan fingerprint density at radius 3 is 2.65 bits per heavy atom. The monoisotopic (exact) mass is 311 g/mol. The number of rotatable bonds is 5. The molecular formula is C16H17N5O2. The van der Waals surface area contributed by atoms with E-state index in [1.807, 2.05) is 38.1 Å². The summed E-state index contributed by atoms with van der Waals surface area (Å²) in [7, 11) is 0. The number of amides is 1. The van der Waals surface area contributed by atoms with E-state index >= 15 is 0 Å². The van der Waals surface area contributed by atoms with Crippen LogP contribution >= 0.6 is 0 Å². The zero-order valence-electron chi connectivity index (χ0n) is 13.0. The molecule has 0 spiro atoms. The first-order chi connectivity index (χ1) is 11.1. The van der Waals surface area contributed by atoms with E-state index in [1.54, 1.807) is 11.0 Å². The lowest BCUT2D eigenvalue weighted by Gasteiger charge is -2.07. The molecule has 0 fully saturated rings. The van der Waals surface area contributed by atoms with E-state index in [-0.39, 0.29) is 12.3 Å². The van der Waals surface area contributed by atoms with Crippen LogP contribution in [0.1, 0.15) is 22.6 Å². The summed E-state index contributed by atoms with van der Waals surface area (Å²) in [4.78, 5) is 16.0. The highest BCUT2D eigenvalue weighted by Gasteiger charge is 2.13. The quantitative estimate of drug-likeness (QED) is 0.780. The molecule has 1 N–H and O–H groups in total. The molecule has 0 aliphatic rings.